The van der Waals surface area contributed by atoms with Gasteiger partial charge in [0.15, 0.2) is 0 Å². The molecule has 0 amide bonds. The fourth-order valence-electron chi connectivity index (χ4n) is 3.43. The first-order valence-electron chi connectivity index (χ1n) is 9.19. The molecule has 4 aromatic rings. The smallest absolute Gasteiger partial charge is 0.131 e. The van der Waals surface area contributed by atoms with E-state index in [4.69, 9.17) is 0 Å². The van der Waals surface area contributed by atoms with Crippen molar-refractivity contribution in [1.29, 1.82) is 0 Å². The van der Waals surface area contributed by atoms with Gasteiger partial charge in [0.25, 0.3) is 0 Å². The third kappa shape index (κ3) is 3.48. The largest absolute Gasteiger partial charge is 0.363 e. The van der Waals surface area contributed by atoms with Crippen molar-refractivity contribution in [3.63, 3.8) is 0 Å². The SMILES string of the molecule is Cc1cccc(CN(Cc2cccc(C)c2F)c2ccc3[nH]cnc3c2)c1F. The summed E-state index contributed by atoms with van der Waals surface area (Å²) in [5, 5.41) is 0. The highest BCUT2D eigenvalue weighted by Crippen LogP contribution is 2.26. The lowest BCUT2D eigenvalue weighted by Crippen LogP contribution is -2.23. The number of nitrogens with one attached hydrogen (secondary N) is 1. The summed E-state index contributed by atoms with van der Waals surface area (Å²) < 4.78 is 29.3. The molecule has 28 heavy (non-hydrogen) atoms. The van der Waals surface area contributed by atoms with Crippen LogP contribution < -0.4 is 4.90 Å². The molecule has 1 N–H and O–H groups in total. The van der Waals surface area contributed by atoms with Crippen molar-refractivity contribution in [2.75, 3.05) is 4.90 Å². The van der Waals surface area contributed by atoms with Crippen LogP contribution in [0.15, 0.2) is 60.9 Å². The van der Waals surface area contributed by atoms with Gasteiger partial charge in [-0.25, -0.2) is 13.8 Å². The van der Waals surface area contributed by atoms with Gasteiger partial charge in [-0.1, -0.05) is 36.4 Å². The lowest BCUT2D eigenvalue weighted by Gasteiger charge is -2.26. The van der Waals surface area contributed by atoms with Gasteiger partial charge in [-0.15, -0.1) is 0 Å². The predicted molar refractivity (Wildman–Crippen MR) is 108 cm³/mol. The summed E-state index contributed by atoms with van der Waals surface area (Å²) in [6.45, 7) is 4.16. The van der Waals surface area contributed by atoms with Crippen LogP contribution in [0.1, 0.15) is 22.3 Å². The van der Waals surface area contributed by atoms with Gasteiger partial charge >= 0.3 is 0 Å². The average Bonchev–Trinajstić information content (AvgIpc) is 3.16. The van der Waals surface area contributed by atoms with Gasteiger partial charge in [0.05, 0.1) is 17.4 Å². The van der Waals surface area contributed by atoms with E-state index in [0.717, 1.165) is 16.7 Å². The number of imidazole rings is 1. The number of hydrogen-bond donors (Lipinski definition) is 1. The van der Waals surface area contributed by atoms with Gasteiger partial charge < -0.3 is 9.88 Å². The Labute approximate surface area is 162 Å². The summed E-state index contributed by atoms with van der Waals surface area (Å²) >= 11 is 0. The van der Waals surface area contributed by atoms with Gasteiger partial charge in [-0.2, -0.15) is 0 Å². The number of anilines is 1. The summed E-state index contributed by atoms with van der Waals surface area (Å²) in [5.41, 5.74) is 4.96. The molecule has 0 radical (unpaired) electrons. The van der Waals surface area contributed by atoms with Crippen molar-refractivity contribution in [3.05, 3.63) is 94.8 Å². The zero-order valence-electron chi connectivity index (χ0n) is 15.8. The lowest BCUT2D eigenvalue weighted by molar-refractivity contribution is 0.583. The first kappa shape index (κ1) is 18.2. The highest BCUT2D eigenvalue weighted by molar-refractivity contribution is 5.79. The van der Waals surface area contributed by atoms with Crippen LogP contribution in [0.5, 0.6) is 0 Å². The highest BCUT2D eigenvalue weighted by atomic mass is 19.1. The van der Waals surface area contributed by atoms with E-state index < -0.39 is 0 Å². The number of benzene rings is 3. The van der Waals surface area contributed by atoms with E-state index in [0.29, 0.717) is 35.3 Å². The molecule has 0 fully saturated rings. The standard InChI is InChI=1S/C23H21F2N3/c1-15-5-3-7-17(22(15)24)12-28(13-18-8-4-6-16(2)23(18)25)19-9-10-20-21(11-19)27-14-26-20/h3-11,14H,12-13H2,1-2H3,(H,26,27). The molecule has 0 atom stereocenters. The van der Waals surface area contributed by atoms with E-state index in [1.807, 2.05) is 35.2 Å². The quantitative estimate of drug-likeness (QED) is 0.486. The number of aromatic amines is 1. The van der Waals surface area contributed by atoms with Gasteiger partial charge in [0.2, 0.25) is 0 Å². The summed E-state index contributed by atoms with van der Waals surface area (Å²) in [6, 6.07) is 16.5. The predicted octanol–water partition coefficient (Wildman–Crippen LogP) is 5.66. The minimum atomic E-state index is -0.224. The number of hydrogen-bond acceptors (Lipinski definition) is 2. The number of nitrogens with zero attached hydrogens (tertiary/aromatic N) is 2. The number of halogens is 2. The van der Waals surface area contributed by atoms with Crippen molar-refractivity contribution in [1.82, 2.24) is 9.97 Å². The Morgan fingerprint density at radius 1 is 0.857 bits per heavy atom. The van der Waals surface area contributed by atoms with Crippen LogP contribution in [-0.4, -0.2) is 9.97 Å². The minimum Gasteiger partial charge on any atom is -0.363 e. The number of fused-ring (bicyclic) bond motifs is 1. The van der Waals surface area contributed by atoms with E-state index in [-0.39, 0.29) is 11.6 Å². The van der Waals surface area contributed by atoms with Crippen molar-refractivity contribution in [2.45, 2.75) is 26.9 Å². The van der Waals surface area contributed by atoms with Crippen LogP contribution in [0.3, 0.4) is 0 Å². The van der Waals surface area contributed by atoms with Crippen molar-refractivity contribution in [2.24, 2.45) is 0 Å². The molecule has 0 spiro atoms. The Kier molecular flexibility index (Phi) is 4.82. The van der Waals surface area contributed by atoms with Crippen LogP contribution in [0.25, 0.3) is 11.0 Å². The molecule has 3 nitrogen and oxygen atoms in total. The molecule has 0 aliphatic heterocycles. The molecular weight excluding hydrogens is 356 g/mol. The van der Waals surface area contributed by atoms with Crippen LogP contribution in [0, 0.1) is 25.5 Å². The molecule has 4 rings (SSSR count). The maximum Gasteiger partial charge on any atom is 0.131 e. The fraction of sp³-hybridized carbons (Fsp3) is 0.174. The number of aromatic nitrogens is 2. The Morgan fingerprint density at radius 3 is 2.07 bits per heavy atom. The third-order valence-electron chi connectivity index (χ3n) is 5.04. The molecule has 1 heterocycles. The zero-order valence-corrected chi connectivity index (χ0v) is 15.8. The summed E-state index contributed by atoms with van der Waals surface area (Å²) in [7, 11) is 0. The number of H-pyrrole nitrogens is 1. The molecule has 0 aliphatic rings. The third-order valence-corrected chi connectivity index (χ3v) is 5.04. The Balaban J connectivity index is 1.75. The van der Waals surface area contributed by atoms with Crippen LogP contribution in [-0.2, 0) is 13.1 Å². The maximum absolute atomic E-state index is 14.6. The second-order valence-corrected chi connectivity index (χ2v) is 7.06. The highest BCUT2D eigenvalue weighted by Gasteiger charge is 2.16. The second kappa shape index (κ2) is 7.43. The van der Waals surface area contributed by atoms with Crippen molar-refractivity contribution in [3.8, 4) is 0 Å². The molecule has 0 bridgehead atoms. The van der Waals surface area contributed by atoms with E-state index in [1.165, 1.54) is 0 Å². The summed E-state index contributed by atoms with van der Waals surface area (Å²) in [6.07, 6.45) is 1.64. The molecule has 142 valence electrons. The Bertz CT molecular complexity index is 1080. The molecule has 0 unspecified atom stereocenters. The van der Waals surface area contributed by atoms with E-state index in [2.05, 4.69) is 9.97 Å². The van der Waals surface area contributed by atoms with Crippen molar-refractivity contribution >= 4 is 16.7 Å². The van der Waals surface area contributed by atoms with Gasteiger partial charge in [0, 0.05) is 29.9 Å². The van der Waals surface area contributed by atoms with Gasteiger partial charge in [-0.05, 0) is 43.2 Å². The lowest BCUT2D eigenvalue weighted by atomic mass is 10.1. The van der Waals surface area contributed by atoms with E-state index in [1.54, 1.807) is 44.4 Å². The fourth-order valence-corrected chi connectivity index (χ4v) is 3.43. The Morgan fingerprint density at radius 2 is 1.46 bits per heavy atom. The molecule has 3 aromatic carbocycles. The van der Waals surface area contributed by atoms with Gasteiger partial charge in [0.1, 0.15) is 11.6 Å². The zero-order chi connectivity index (χ0) is 19.7. The van der Waals surface area contributed by atoms with Crippen LogP contribution in [0.2, 0.25) is 0 Å². The second-order valence-electron chi connectivity index (χ2n) is 7.06. The first-order chi connectivity index (χ1) is 13.5. The van der Waals surface area contributed by atoms with Gasteiger partial charge in [-0.3, -0.25) is 0 Å². The first-order valence-corrected chi connectivity index (χ1v) is 9.19. The van der Waals surface area contributed by atoms with Crippen LogP contribution in [0.4, 0.5) is 14.5 Å². The normalized spacial score (nSPS) is 11.1. The minimum absolute atomic E-state index is 0.224. The molecule has 0 saturated heterocycles. The summed E-state index contributed by atoms with van der Waals surface area (Å²) in [4.78, 5) is 9.35. The van der Waals surface area contributed by atoms with E-state index in [9.17, 15) is 8.78 Å². The van der Waals surface area contributed by atoms with Crippen molar-refractivity contribution < 1.29 is 8.78 Å². The molecule has 0 saturated carbocycles. The number of rotatable bonds is 5. The topological polar surface area (TPSA) is 31.9 Å². The summed E-state index contributed by atoms with van der Waals surface area (Å²) in [5.74, 6) is -0.448. The maximum atomic E-state index is 14.6. The number of aryl methyl sites for hydroxylation is 2. The molecular formula is C23H21F2N3. The average molecular weight is 377 g/mol. The van der Waals surface area contributed by atoms with Crippen LogP contribution >= 0.6 is 0 Å². The monoisotopic (exact) mass is 377 g/mol. The Hall–Kier alpha value is -3.21. The van der Waals surface area contributed by atoms with E-state index >= 15 is 0 Å². The molecule has 5 heteroatoms. The molecule has 0 aliphatic carbocycles. The molecule has 1 aromatic heterocycles.